The van der Waals surface area contributed by atoms with Crippen LogP contribution in [0.2, 0.25) is 5.02 Å². The van der Waals surface area contributed by atoms with Crippen molar-refractivity contribution in [2.75, 3.05) is 0 Å². The highest BCUT2D eigenvalue weighted by atomic mass is 35.5. The van der Waals surface area contributed by atoms with Crippen LogP contribution in [0, 0.1) is 6.92 Å². The summed E-state index contributed by atoms with van der Waals surface area (Å²) in [6.45, 7) is 1.53. The number of aromatic carboxylic acids is 1. The minimum absolute atomic E-state index is 0.124. The third-order valence-electron chi connectivity index (χ3n) is 2.75. The van der Waals surface area contributed by atoms with Gasteiger partial charge < -0.3 is 9.52 Å². The first kappa shape index (κ1) is 14.6. The Bertz CT molecular complexity index is 744. The molecule has 1 heterocycles. The summed E-state index contributed by atoms with van der Waals surface area (Å²) in [5.41, 5.74) is 0.331. The van der Waals surface area contributed by atoms with Crippen molar-refractivity contribution < 1.29 is 22.7 Å². The number of furan rings is 1. The molecule has 0 saturated heterocycles. The van der Waals surface area contributed by atoms with Crippen molar-refractivity contribution in [1.29, 1.82) is 0 Å². The van der Waals surface area contributed by atoms with Gasteiger partial charge in [0.05, 0.1) is 10.6 Å². The lowest BCUT2D eigenvalue weighted by molar-refractivity contribution is 0.0661. The maximum atomic E-state index is 12.2. The number of carbonyl (C=O) groups is 1. The highest BCUT2D eigenvalue weighted by Crippen LogP contribution is 2.22. The van der Waals surface area contributed by atoms with E-state index in [1.165, 1.54) is 37.3 Å². The van der Waals surface area contributed by atoms with Crippen molar-refractivity contribution in [2.45, 2.75) is 17.6 Å². The number of halogens is 1. The van der Waals surface area contributed by atoms with Crippen LogP contribution in [0.5, 0.6) is 0 Å². The monoisotopic (exact) mass is 314 g/mol. The van der Waals surface area contributed by atoms with Gasteiger partial charge in [0.1, 0.15) is 5.76 Å². The van der Waals surface area contributed by atoms with Crippen LogP contribution in [0.4, 0.5) is 0 Å². The molecule has 0 saturated carbocycles. The van der Waals surface area contributed by atoms with Crippen molar-refractivity contribution >= 4 is 27.4 Å². The summed E-state index contributed by atoms with van der Waals surface area (Å²) in [6.07, 6.45) is 0. The van der Waals surface area contributed by atoms with Crippen LogP contribution in [0.25, 0.3) is 0 Å². The molecule has 0 aliphatic carbocycles. The van der Waals surface area contributed by atoms with Gasteiger partial charge in [-0.15, -0.1) is 0 Å². The summed E-state index contributed by atoms with van der Waals surface area (Å²) in [7, 11) is -3.58. The molecule has 0 spiro atoms. The zero-order valence-electron chi connectivity index (χ0n) is 10.5. The Morgan fingerprint density at radius 1 is 1.30 bits per heavy atom. The SMILES string of the molecule is Cc1oc(C(=O)O)cc1CS(=O)(=O)c1ccc(Cl)cc1. The van der Waals surface area contributed by atoms with Gasteiger partial charge in [0.15, 0.2) is 9.84 Å². The van der Waals surface area contributed by atoms with E-state index in [9.17, 15) is 13.2 Å². The quantitative estimate of drug-likeness (QED) is 0.938. The van der Waals surface area contributed by atoms with E-state index < -0.39 is 15.8 Å². The van der Waals surface area contributed by atoms with Gasteiger partial charge in [-0.2, -0.15) is 0 Å². The van der Waals surface area contributed by atoms with Crippen LogP contribution in [0.15, 0.2) is 39.6 Å². The molecule has 0 fully saturated rings. The van der Waals surface area contributed by atoms with E-state index in [0.29, 0.717) is 10.6 Å². The molecule has 0 aliphatic heterocycles. The Kier molecular flexibility index (Phi) is 3.87. The van der Waals surface area contributed by atoms with Crippen molar-refractivity contribution in [3.63, 3.8) is 0 Å². The van der Waals surface area contributed by atoms with E-state index in [0.717, 1.165) is 0 Å². The number of hydrogen-bond donors (Lipinski definition) is 1. The fraction of sp³-hybridized carbons (Fsp3) is 0.154. The summed E-state index contributed by atoms with van der Waals surface area (Å²) in [6, 6.07) is 7.01. The number of rotatable bonds is 4. The Morgan fingerprint density at radius 2 is 1.90 bits per heavy atom. The molecule has 0 unspecified atom stereocenters. The molecule has 106 valence electrons. The fourth-order valence-electron chi connectivity index (χ4n) is 1.70. The summed E-state index contributed by atoms with van der Waals surface area (Å²) in [4.78, 5) is 10.9. The molecule has 7 heteroatoms. The van der Waals surface area contributed by atoms with Gasteiger partial charge in [-0.1, -0.05) is 11.6 Å². The Morgan fingerprint density at radius 3 is 2.40 bits per heavy atom. The molecule has 5 nitrogen and oxygen atoms in total. The lowest BCUT2D eigenvalue weighted by Gasteiger charge is -2.03. The first-order valence-electron chi connectivity index (χ1n) is 5.60. The van der Waals surface area contributed by atoms with Crippen LogP contribution in [-0.4, -0.2) is 19.5 Å². The average molecular weight is 315 g/mol. The molecule has 0 bridgehead atoms. The Labute approximate surface area is 120 Å². The summed E-state index contributed by atoms with van der Waals surface area (Å²) in [5, 5.41) is 9.25. The van der Waals surface area contributed by atoms with Gasteiger partial charge in [0.25, 0.3) is 0 Å². The Hall–Kier alpha value is -1.79. The van der Waals surface area contributed by atoms with E-state index in [1.807, 2.05) is 0 Å². The van der Waals surface area contributed by atoms with Crippen molar-refractivity contribution in [3.05, 3.63) is 52.4 Å². The van der Waals surface area contributed by atoms with E-state index in [1.54, 1.807) is 0 Å². The normalized spacial score (nSPS) is 11.5. The minimum Gasteiger partial charge on any atom is -0.475 e. The number of hydrogen-bond acceptors (Lipinski definition) is 4. The maximum absolute atomic E-state index is 12.2. The second-order valence-electron chi connectivity index (χ2n) is 4.21. The summed E-state index contributed by atoms with van der Waals surface area (Å²) >= 11 is 5.71. The molecular formula is C13H11ClO5S. The molecule has 0 radical (unpaired) electrons. The highest BCUT2D eigenvalue weighted by Gasteiger charge is 2.20. The smallest absolute Gasteiger partial charge is 0.371 e. The third-order valence-corrected chi connectivity index (χ3v) is 4.68. The summed E-state index contributed by atoms with van der Waals surface area (Å²) in [5.74, 6) is -1.55. The average Bonchev–Trinajstić information content (AvgIpc) is 2.71. The number of carboxylic acids is 1. The third kappa shape index (κ3) is 3.02. The zero-order chi connectivity index (χ0) is 14.9. The number of benzene rings is 1. The van der Waals surface area contributed by atoms with Gasteiger partial charge >= 0.3 is 5.97 Å². The lowest BCUT2D eigenvalue weighted by Crippen LogP contribution is -2.05. The van der Waals surface area contributed by atoms with Crippen LogP contribution in [0.1, 0.15) is 21.9 Å². The van der Waals surface area contributed by atoms with E-state index in [-0.39, 0.29) is 22.2 Å². The molecule has 1 aromatic heterocycles. The minimum atomic E-state index is -3.58. The second kappa shape index (κ2) is 5.30. The number of sulfone groups is 1. The Balaban J connectivity index is 2.33. The first-order chi connectivity index (χ1) is 9.29. The van der Waals surface area contributed by atoms with Gasteiger partial charge in [-0.3, -0.25) is 0 Å². The predicted molar refractivity (Wildman–Crippen MR) is 72.7 cm³/mol. The van der Waals surface area contributed by atoms with Crippen LogP contribution in [0.3, 0.4) is 0 Å². The van der Waals surface area contributed by atoms with Crippen LogP contribution >= 0.6 is 11.6 Å². The van der Waals surface area contributed by atoms with Crippen molar-refractivity contribution in [2.24, 2.45) is 0 Å². The van der Waals surface area contributed by atoms with Crippen LogP contribution in [-0.2, 0) is 15.6 Å². The van der Waals surface area contributed by atoms with Gasteiger partial charge in [0, 0.05) is 10.6 Å². The fourth-order valence-corrected chi connectivity index (χ4v) is 3.24. The molecule has 0 amide bonds. The number of aryl methyl sites for hydroxylation is 1. The van der Waals surface area contributed by atoms with Crippen molar-refractivity contribution in [1.82, 2.24) is 0 Å². The molecule has 1 N–H and O–H groups in total. The van der Waals surface area contributed by atoms with E-state index >= 15 is 0 Å². The van der Waals surface area contributed by atoms with Crippen LogP contribution < -0.4 is 0 Å². The molecule has 2 rings (SSSR count). The molecule has 20 heavy (non-hydrogen) atoms. The highest BCUT2D eigenvalue weighted by molar-refractivity contribution is 7.90. The zero-order valence-corrected chi connectivity index (χ0v) is 12.0. The summed E-state index contributed by atoms with van der Waals surface area (Å²) < 4.78 is 29.4. The van der Waals surface area contributed by atoms with Gasteiger partial charge in [0.2, 0.25) is 5.76 Å². The van der Waals surface area contributed by atoms with Crippen molar-refractivity contribution in [3.8, 4) is 0 Å². The molecule has 1 aromatic carbocycles. The predicted octanol–water partition coefficient (Wildman–Crippen LogP) is 2.91. The maximum Gasteiger partial charge on any atom is 0.371 e. The second-order valence-corrected chi connectivity index (χ2v) is 6.64. The standard InChI is InChI=1S/C13H11ClO5S/c1-8-9(6-12(19-8)13(15)16)7-20(17,18)11-4-2-10(14)3-5-11/h2-6H,7H2,1H3,(H,15,16). The van der Waals surface area contributed by atoms with Gasteiger partial charge in [-0.05, 0) is 37.3 Å². The topological polar surface area (TPSA) is 84.6 Å². The lowest BCUT2D eigenvalue weighted by atomic mass is 10.3. The van der Waals surface area contributed by atoms with Gasteiger partial charge in [-0.25, -0.2) is 13.2 Å². The largest absolute Gasteiger partial charge is 0.475 e. The molecular weight excluding hydrogens is 304 g/mol. The first-order valence-corrected chi connectivity index (χ1v) is 7.63. The molecule has 2 aromatic rings. The molecule has 0 aliphatic rings. The van der Waals surface area contributed by atoms with E-state index in [2.05, 4.69) is 0 Å². The molecule has 0 atom stereocenters. The van der Waals surface area contributed by atoms with E-state index in [4.69, 9.17) is 21.1 Å². The number of carboxylic acid groups (broad SMARTS) is 1.